The molecule has 100 valence electrons. The molecule has 0 atom stereocenters. The van der Waals surface area contributed by atoms with Gasteiger partial charge in [-0.15, -0.1) is 24.0 Å². The number of nitrogens with zero attached hydrogens (tertiary/aromatic N) is 1. The summed E-state index contributed by atoms with van der Waals surface area (Å²) in [6, 6.07) is 0. The van der Waals surface area contributed by atoms with Gasteiger partial charge < -0.3 is 15.4 Å². The molecular formula is C12H24IN3O. The Hall–Kier alpha value is -0.300. The van der Waals surface area contributed by atoms with E-state index in [1.165, 1.54) is 19.3 Å². The summed E-state index contributed by atoms with van der Waals surface area (Å²) in [5, 5.41) is 6.49. The van der Waals surface area contributed by atoms with E-state index in [0.29, 0.717) is 6.61 Å². The van der Waals surface area contributed by atoms with Gasteiger partial charge in [0.1, 0.15) is 0 Å². The normalized spacial score (nSPS) is 15.2. The molecule has 17 heavy (non-hydrogen) atoms. The maximum atomic E-state index is 4.97. The van der Waals surface area contributed by atoms with E-state index in [1.54, 1.807) is 19.7 Å². The zero-order chi connectivity index (χ0) is 11.6. The molecule has 0 amide bonds. The molecule has 4 nitrogen and oxygen atoms in total. The van der Waals surface area contributed by atoms with Gasteiger partial charge in [0.25, 0.3) is 0 Å². The number of guanidine groups is 1. The van der Waals surface area contributed by atoms with Gasteiger partial charge in [-0.1, -0.05) is 11.6 Å². The number of ether oxygens (including phenoxy) is 1. The molecule has 0 saturated heterocycles. The molecule has 1 aliphatic rings. The Labute approximate surface area is 121 Å². The third kappa shape index (κ3) is 7.59. The van der Waals surface area contributed by atoms with Crippen LogP contribution in [0.15, 0.2) is 16.6 Å². The fourth-order valence-corrected chi connectivity index (χ4v) is 1.80. The molecule has 0 spiro atoms. The second kappa shape index (κ2) is 10.8. The third-order valence-electron chi connectivity index (χ3n) is 2.70. The highest BCUT2D eigenvalue weighted by atomic mass is 127. The second-order valence-corrected chi connectivity index (χ2v) is 3.92. The van der Waals surface area contributed by atoms with Crippen LogP contribution in [0.1, 0.15) is 25.7 Å². The van der Waals surface area contributed by atoms with Crippen molar-refractivity contribution >= 4 is 29.9 Å². The lowest BCUT2D eigenvalue weighted by molar-refractivity contribution is 0.203. The van der Waals surface area contributed by atoms with Crippen LogP contribution in [0.25, 0.3) is 0 Å². The molecule has 0 aliphatic heterocycles. The predicted octanol–water partition coefficient (Wildman–Crippen LogP) is 1.92. The minimum Gasteiger partial charge on any atom is -0.383 e. The van der Waals surface area contributed by atoms with E-state index in [1.807, 2.05) is 0 Å². The van der Waals surface area contributed by atoms with Crippen molar-refractivity contribution in [1.29, 1.82) is 0 Å². The summed E-state index contributed by atoms with van der Waals surface area (Å²) in [7, 11) is 3.49. The minimum atomic E-state index is 0. The summed E-state index contributed by atoms with van der Waals surface area (Å²) >= 11 is 0. The minimum absolute atomic E-state index is 0. The lowest BCUT2D eigenvalue weighted by atomic mass is 10.2. The molecule has 0 saturated carbocycles. The highest BCUT2D eigenvalue weighted by Crippen LogP contribution is 2.19. The first-order valence-corrected chi connectivity index (χ1v) is 5.98. The zero-order valence-electron chi connectivity index (χ0n) is 10.8. The molecule has 5 heteroatoms. The van der Waals surface area contributed by atoms with E-state index in [-0.39, 0.29) is 24.0 Å². The van der Waals surface area contributed by atoms with E-state index >= 15 is 0 Å². The van der Waals surface area contributed by atoms with Gasteiger partial charge in [0.15, 0.2) is 5.96 Å². The lowest BCUT2D eigenvalue weighted by Crippen LogP contribution is -2.39. The standard InChI is InChI=1S/C12H23N3O.HI/c1-13-12(15-9-10-16-2)14-8-7-11-5-3-4-6-11;/h5H,3-4,6-10H2,1-2H3,(H2,13,14,15);1H. The van der Waals surface area contributed by atoms with Gasteiger partial charge in [-0.2, -0.15) is 0 Å². The van der Waals surface area contributed by atoms with Crippen LogP contribution in [-0.4, -0.2) is 39.8 Å². The van der Waals surface area contributed by atoms with E-state index in [0.717, 1.165) is 25.5 Å². The molecule has 0 fully saturated rings. The number of hydrogen-bond acceptors (Lipinski definition) is 2. The zero-order valence-corrected chi connectivity index (χ0v) is 13.1. The maximum Gasteiger partial charge on any atom is 0.191 e. The molecule has 1 rings (SSSR count). The molecule has 0 heterocycles. The molecule has 0 aromatic carbocycles. The quantitative estimate of drug-likeness (QED) is 0.252. The number of rotatable bonds is 6. The number of aliphatic imine (C=N–C) groups is 1. The number of allylic oxidation sites excluding steroid dienone is 1. The van der Waals surface area contributed by atoms with Crippen molar-refractivity contribution in [3.8, 4) is 0 Å². The summed E-state index contributed by atoms with van der Waals surface area (Å²) in [5.41, 5.74) is 1.58. The van der Waals surface area contributed by atoms with Crippen LogP contribution in [0.3, 0.4) is 0 Å². The Bertz CT molecular complexity index is 254. The van der Waals surface area contributed by atoms with Crippen molar-refractivity contribution in [2.24, 2.45) is 4.99 Å². The third-order valence-corrected chi connectivity index (χ3v) is 2.70. The Morgan fingerprint density at radius 1 is 1.41 bits per heavy atom. The van der Waals surface area contributed by atoms with Gasteiger partial charge in [-0.05, 0) is 25.7 Å². The van der Waals surface area contributed by atoms with Crippen LogP contribution in [0.2, 0.25) is 0 Å². The molecular weight excluding hydrogens is 329 g/mol. The first kappa shape index (κ1) is 16.7. The molecule has 0 radical (unpaired) electrons. The van der Waals surface area contributed by atoms with Gasteiger partial charge in [0, 0.05) is 27.2 Å². The van der Waals surface area contributed by atoms with Crippen molar-refractivity contribution in [1.82, 2.24) is 10.6 Å². The second-order valence-electron chi connectivity index (χ2n) is 3.92. The molecule has 1 aliphatic carbocycles. The van der Waals surface area contributed by atoms with Crippen molar-refractivity contribution in [3.63, 3.8) is 0 Å². The number of nitrogens with one attached hydrogen (secondary N) is 2. The summed E-state index contributed by atoms with van der Waals surface area (Å²) in [4.78, 5) is 4.14. The van der Waals surface area contributed by atoms with Crippen LogP contribution in [-0.2, 0) is 4.74 Å². The lowest BCUT2D eigenvalue weighted by Gasteiger charge is -2.11. The highest BCUT2D eigenvalue weighted by molar-refractivity contribution is 14.0. The molecule has 2 N–H and O–H groups in total. The van der Waals surface area contributed by atoms with E-state index in [4.69, 9.17) is 4.74 Å². The van der Waals surface area contributed by atoms with Crippen LogP contribution in [0.5, 0.6) is 0 Å². The fraction of sp³-hybridized carbons (Fsp3) is 0.750. The van der Waals surface area contributed by atoms with Crippen molar-refractivity contribution in [2.45, 2.75) is 25.7 Å². The first-order valence-electron chi connectivity index (χ1n) is 5.98. The first-order chi connectivity index (χ1) is 7.86. The monoisotopic (exact) mass is 353 g/mol. The van der Waals surface area contributed by atoms with Gasteiger partial charge in [-0.3, -0.25) is 4.99 Å². The van der Waals surface area contributed by atoms with Crippen molar-refractivity contribution in [2.75, 3.05) is 33.9 Å². The van der Waals surface area contributed by atoms with Crippen LogP contribution in [0.4, 0.5) is 0 Å². The van der Waals surface area contributed by atoms with Gasteiger partial charge in [0.05, 0.1) is 6.61 Å². The Morgan fingerprint density at radius 3 is 2.76 bits per heavy atom. The van der Waals surface area contributed by atoms with Gasteiger partial charge in [0.2, 0.25) is 0 Å². The number of methoxy groups -OCH3 is 1. The molecule has 0 unspecified atom stereocenters. The number of halogens is 1. The highest BCUT2D eigenvalue weighted by Gasteiger charge is 2.04. The Kier molecular flexibility index (Phi) is 10.6. The number of hydrogen-bond donors (Lipinski definition) is 2. The summed E-state index contributed by atoms with van der Waals surface area (Å²) in [6.45, 7) is 2.45. The largest absolute Gasteiger partial charge is 0.383 e. The average molecular weight is 353 g/mol. The SMILES string of the molecule is CN=C(NCCOC)NCCC1=CCCC1.I. The Balaban J connectivity index is 0.00000256. The molecule has 0 bridgehead atoms. The average Bonchev–Trinajstić information content (AvgIpc) is 2.80. The fourth-order valence-electron chi connectivity index (χ4n) is 1.80. The predicted molar refractivity (Wildman–Crippen MR) is 83.2 cm³/mol. The van der Waals surface area contributed by atoms with Crippen LogP contribution >= 0.6 is 24.0 Å². The van der Waals surface area contributed by atoms with Crippen molar-refractivity contribution < 1.29 is 4.74 Å². The van der Waals surface area contributed by atoms with E-state index in [9.17, 15) is 0 Å². The molecule has 0 aromatic heterocycles. The molecule has 0 aromatic rings. The topological polar surface area (TPSA) is 45.7 Å². The smallest absolute Gasteiger partial charge is 0.191 e. The summed E-state index contributed by atoms with van der Waals surface area (Å²) in [5.74, 6) is 0.857. The summed E-state index contributed by atoms with van der Waals surface area (Å²) < 4.78 is 4.97. The maximum absolute atomic E-state index is 4.97. The summed E-state index contributed by atoms with van der Waals surface area (Å²) in [6.07, 6.45) is 7.36. The van der Waals surface area contributed by atoms with Gasteiger partial charge in [-0.25, -0.2) is 0 Å². The van der Waals surface area contributed by atoms with E-state index in [2.05, 4.69) is 21.7 Å². The van der Waals surface area contributed by atoms with Crippen LogP contribution < -0.4 is 10.6 Å². The van der Waals surface area contributed by atoms with Crippen molar-refractivity contribution in [3.05, 3.63) is 11.6 Å². The Morgan fingerprint density at radius 2 is 2.18 bits per heavy atom. The van der Waals surface area contributed by atoms with E-state index < -0.39 is 0 Å². The van der Waals surface area contributed by atoms with Gasteiger partial charge >= 0.3 is 0 Å². The van der Waals surface area contributed by atoms with Crippen LogP contribution in [0, 0.1) is 0 Å².